The zero-order valence-corrected chi connectivity index (χ0v) is 17.6. The molecule has 0 N–H and O–H groups in total. The summed E-state index contributed by atoms with van der Waals surface area (Å²) < 4.78 is 0. The second-order valence-corrected chi connectivity index (χ2v) is 8.35. The first-order chi connectivity index (χ1) is 13.9. The van der Waals surface area contributed by atoms with E-state index in [-0.39, 0.29) is 25.8 Å². The van der Waals surface area contributed by atoms with Crippen molar-refractivity contribution in [2.24, 2.45) is 0 Å². The molecule has 1 nitrogen and oxygen atoms in total. The van der Waals surface area contributed by atoms with Gasteiger partial charge in [-0.15, -0.1) is 11.3 Å². The van der Waals surface area contributed by atoms with E-state index in [1.807, 2.05) is 11.3 Å². The van der Waals surface area contributed by atoms with Crippen LogP contribution < -0.4 is 18.9 Å². The van der Waals surface area contributed by atoms with Crippen molar-refractivity contribution in [2.75, 3.05) is 6.54 Å². The third-order valence-electron chi connectivity index (χ3n) is 5.87. The Morgan fingerprint density at radius 2 is 1.17 bits per heavy atom. The minimum absolute atomic E-state index is 0. The van der Waals surface area contributed by atoms with Crippen LogP contribution in [0, 0.1) is 0 Å². The van der Waals surface area contributed by atoms with E-state index in [0.717, 1.165) is 19.5 Å². The monoisotopic (exact) mass is 389 g/mol. The molecule has 0 bridgehead atoms. The van der Waals surface area contributed by atoms with Crippen LogP contribution in [-0.4, -0.2) is 11.4 Å². The number of nitrogens with zero attached hydrogens (tertiary/aromatic N) is 1. The molecule has 0 spiro atoms. The normalized spacial score (nSPS) is 14.1. The number of thiophene rings is 1. The Labute approximate surface area is 190 Å². The summed E-state index contributed by atoms with van der Waals surface area (Å²) in [5, 5.41) is 2.24. The first kappa shape index (κ1) is 20.2. The average Bonchev–Trinajstić information content (AvgIpc) is 3.25. The molecule has 0 fully saturated rings. The molecule has 0 unspecified atom stereocenters. The molecule has 0 saturated heterocycles. The third-order valence-corrected chi connectivity index (χ3v) is 6.82. The number of rotatable bonds is 4. The maximum absolute atomic E-state index is 2.67. The molecule has 1 aromatic heterocycles. The Balaban J connectivity index is 0.00000128. The van der Waals surface area contributed by atoms with E-state index < -0.39 is 0 Å². The van der Waals surface area contributed by atoms with Crippen LogP contribution in [0.2, 0.25) is 0 Å². The first-order valence-corrected chi connectivity index (χ1v) is 10.7. The number of hydrogen-bond donors (Lipinski definition) is 0. The summed E-state index contributed by atoms with van der Waals surface area (Å²) in [6.45, 7) is 2.02. The minimum atomic E-state index is -0.300. The quantitative estimate of drug-likeness (QED) is 0.383. The van der Waals surface area contributed by atoms with Crippen molar-refractivity contribution in [2.45, 2.75) is 18.5 Å². The Morgan fingerprint density at radius 3 is 1.66 bits per heavy atom. The fraction of sp³-hybridized carbons (Fsp3) is 0.154. The van der Waals surface area contributed by atoms with Crippen LogP contribution in [-0.2, 0) is 18.5 Å². The maximum atomic E-state index is 2.67. The van der Waals surface area contributed by atoms with Crippen LogP contribution in [0.3, 0.4) is 0 Å². The standard InChI is InChI=1S/C26H23NS.Li.H/c1-4-10-22(11-5-1)26(23-12-6-2-7-13-23,24-14-8-3-9-15-24)27-18-16-21-17-19-28-25(21)20-27;;/h1-15,17,19H,16,18,20H2;;/q;+1;-1. The average molecular weight is 389 g/mol. The maximum Gasteiger partial charge on any atom is 1.00 e. The Hall–Kier alpha value is -2.08. The molecule has 2 heterocycles. The van der Waals surface area contributed by atoms with Crippen molar-refractivity contribution in [1.82, 2.24) is 4.90 Å². The van der Waals surface area contributed by atoms with Crippen LogP contribution in [0.25, 0.3) is 0 Å². The molecule has 0 radical (unpaired) electrons. The van der Waals surface area contributed by atoms with Crippen molar-refractivity contribution in [3.8, 4) is 0 Å². The van der Waals surface area contributed by atoms with Gasteiger partial charge in [-0.3, -0.25) is 4.90 Å². The summed E-state index contributed by atoms with van der Waals surface area (Å²) in [7, 11) is 0. The fourth-order valence-corrected chi connectivity index (χ4v) is 5.56. The number of hydrogen-bond acceptors (Lipinski definition) is 2. The van der Waals surface area contributed by atoms with E-state index >= 15 is 0 Å². The zero-order chi connectivity index (χ0) is 18.8. The second kappa shape index (κ2) is 8.74. The largest absolute Gasteiger partial charge is 1.00 e. The van der Waals surface area contributed by atoms with Crippen molar-refractivity contribution in [3.05, 3.63) is 130 Å². The molecular weight excluding hydrogens is 365 g/mol. The summed E-state index contributed by atoms with van der Waals surface area (Å²) in [5.41, 5.74) is 5.20. The van der Waals surface area contributed by atoms with Gasteiger partial charge < -0.3 is 1.43 Å². The molecule has 4 aromatic rings. The summed E-state index contributed by atoms with van der Waals surface area (Å²) in [4.78, 5) is 4.17. The second-order valence-electron chi connectivity index (χ2n) is 7.35. The van der Waals surface area contributed by atoms with Gasteiger partial charge in [-0.05, 0) is 40.1 Å². The van der Waals surface area contributed by atoms with Crippen LogP contribution in [0.15, 0.2) is 102 Å². The molecule has 5 rings (SSSR count). The van der Waals surface area contributed by atoms with E-state index in [1.54, 1.807) is 0 Å². The first-order valence-electron chi connectivity index (χ1n) is 9.86. The zero-order valence-electron chi connectivity index (χ0n) is 17.8. The molecule has 3 aromatic carbocycles. The van der Waals surface area contributed by atoms with Gasteiger partial charge in [0, 0.05) is 18.0 Å². The van der Waals surface area contributed by atoms with Gasteiger partial charge in [-0.25, -0.2) is 0 Å². The molecule has 1 aliphatic heterocycles. The van der Waals surface area contributed by atoms with Gasteiger partial charge in [-0.1, -0.05) is 91.0 Å². The van der Waals surface area contributed by atoms with Crippen LogP contribution >= 0.6 is 11.3 Å². The van der Waals surface area contributed by atoms with E-state index in [9.17, 15) is 0 Å². The smallest absolute Gasteiger partial charge is 1.00 e. The molecular formula is C26H24LiNS. The van der Waals surface area contributed by atoms with E-state index in [0.29, 0.717) is 0 Å². The molecule has 0 amide bonds. The van der Waals surface area contributed by atoms with Crippen LogP contribution in [0.5, 0.6) is 0 Å². The van der Waals surface area contributed by atoms with E-state index in [4.69, 9.17) is 0 Å². The van der Waals surface area contributed by atoms with E-state index in [2.05, 4.69) is 107 Å². The molecule has 0 aliphatic carbocycles. The summed E-state index contributed by atoms with van der Waals surface area (Å²) in [6, 6.07) is 35.3. The summed E-state index contributed by atoms with van der Waals surface area (Å²) >= 11 is 1.89. The molecule has 29 heavy (non-hydrogen) atoms. The van der Waals surface area contributed by atoms with Gasteiger partial charge in [0.2, 0.25) is 0 Å². The summed E-state index contributed by atoms with van der Waals surface area (Å²) in [5.74, 6) is 0. The summed E-state index contributed by atoms with van der Waals surface area (Å²) in [6.07, 6.45) is 1.10. The van der Waals surface area contributed by atoms with Crippen molar-refractivity contribution in [1.29, 1.82) is 0 Å². The Kier molecular flexibility index (Phi) is 6.09. The molecule has 3 heteroatoms. The van der Waals surface area contributed by atoms with Crippen LogP contribution in [0.1, 0.15) is 28.6 Å². The minimum Gasteiger partial charge on any atom is -1.00 e. The van der Waals surface area contributed by atoms with Gasteiger partial charge in [0.05, 0.1) is 5.54 Å². The third kappa shape index (κ3) is 3.52. The van der Waals surface area contributed by atoms with Gasteiger partial charge in [0.25, 0.3) is 0 Å². The van der Waals surface area contributed by atoms with Crippen molar-refractivity contribution < 1.29 is 20.3 Å². The molecule has 1 aliphatic rings. The molecule has 140 valence electrons. The Morgan fingerprint density at radius 1 is 0.690 bits per heavy atom. The molecule has 0 saturated carbocycles. The number of benzene rings is 3. The van der Waals surface area contributed by atoms with Crippen molar-refractivity contribution >= 4 is 11.3 Å². The van der Waals surface area contributed by atoms with Gasteiger partial charge in [0.15, 0.2) is 0 Å². The predicted molar refractivity (Wildman–Crippen MR) is 119 cm³/mol. The van der Waals surface area contributed by atoms with Crippen LogP contribution in [0.4, 0.5) is 0 Å². The van der Waals surface area contributed by atoms with Gasteiger partial charge >= 0.3 is 18.9 Å². The van der Waals surface area contributed by atoms with Gasteiger partial charge in [0.1, 0.15) is 0 Å². The van der Waals surface area contributed by atoms with Gasteiger partial charge in [-0.2, -0.15) is 0 Å². The van der Waals surface area contributed by atoms with Crippen molar-refractivity contribution in [3.63, 3.8) is 0 Å². The fourth-order valence-electron chi connectivity index (χ4n) is 4.61. The SMILES string of the molecule is [H-].[Li+].c1ccc(C(c2ccccc2)(c2ccccc2)N2CCc3ccsc3C2)cc1. The van der Waals surface area contributed by atoms with E-state index in [1.165, 1.54) is 27.1 Å². The topological polar surface area (TPSA) is 3.24 Å². The predicted octanol–water partition coefficient (Wildman–Crippen LogP) is 3.21. The number of fused-ring (bicyclic) bond motifs is 1. The molecule has 0 atom stereocenters. The Bertz CT molecular complexity index is 953.